The van der Waals surface area contributed by atoms with Crippen LogP contribution in [-0.4, -0.2) is 32.9 Å². The molecule has 0 aliphatic carbocycles. The minimum absolute atomic E-state index is 0.113. The van der Waals surface area contributed by atoms with Gasteiger partial charge in [-0.2, -0.15) is 0 Å². The van der Waals surface area contributed by atoms with Gasteiger partial charge in [0.2, 0.25) is 0 Å². The zero-order valence-electron chi connectivity index (χ0n) is 14.5. The van der Waals surface area contributed by atoms with Gasteiger partial charge in [-0.05, 0) is 42.7 Å². The summed E-state index contributed by atoms with van der Waals surface area (Å²) in [6, 6.07) is 17.4. The Morgan fingerprint density at radius 3 is 2.40 bits per heavy atom. The molecule has 2 N–H and O–H groups in total. The van der Waals surface area contributed by atoms with E-state index in [1.165, 1.54) is 5.56 Å². The smallest absolute Gasteiger partial charge is 0.319 e. The van der Waals surface area contributed by atoms with Gasteiger partial charge in [0.1, 0.15) is 5.75 Å². The molecule has 5 heteroatoms. The summed E-state index contributed by atoms with van der Waals surface area (Å²) < 4.78 is 10.8. The van der Waals surface area contributed by atoms with Crippen molar-refractivity contribution in [2.45, 2.75) is 18.3 Å². The number of urea groups is 1. The second-order valence-corrected chi connectivity index (χ2v) is 6.29. The van der Waals surface area contributed by atoms with Crippen molar-refractivity contribution in [1.82, 2.24) is 5.32 Å². The van der Waals surface area contributed by atoms with E-state index in [-0.39, 0.29) is 11.4 Å². The summed E-state index contributed by atoms with van der Waals surface area (Å²) in [4.78, 5) is 12.3. The fourth-order valence-corrected chi connectivity index (χ4v) is 3.22. The van der Waals surface area contributed by atoms with E-state index in [1.807, 2.05) is 42.5 Å². The van der Waals surface area contributed by atoms with Crippen LogP contribution < -0.4 is 15.4 Å². The van der Waals surface area contributed by atoms with Crippen molar-refractivity contribution in [1.29, 1.82) is 0 Å². The van der Waals surface area contributed by atoms with Crippen LogP contribution in [0.1, 0.15) is 18.4 Å². The fourth-order valence-electron chi connectivity index (χ4n) is 3.22. The SMILES string of the molecule is COc1ccc(C2(CNC(=O)Nc3ccccc3)CCOCC2)cc1. The number of amides is 2. The summed E-state index contributed by atoms with van der Waals surface area (Å²) in [7, 11) is 1.66. The number of rotatable bonds is 5. The molecule has 1 heterocycles. The Balaban J connectivity index is 1.69. The van der Waals surface area contributed by atoms with Gasteiger partial charge in [0, 0.05) is 30.9 Å². The largest absolute Gasteiger partial charge is 0.497 e. The second kappa shape index (κ2) is 8.03. The Morgan fingerprint density at radius 2 is 1.76 bits per heavy atom. The molecule has 25 heavy (non-hydrogen) atoms. The average molecular weight is 340 g/mol. The number of anilines is 1. The van der Waals surface area contributed by atoms with Crippen LogP contribution in [0.15, 0.2) is 54.6 Å². The van der Waals surface area contributed by atoms with Gasteiger partial charge < -0.3 is 20.1 Å². The van der Waals surface area contributed by atoms with Gasteiger partial charge in [0.25, 0.3) is 0 Å². The van der Waals surface area contributed by atoms with Crippen molar-refractivity contribution in [2.75, 3.05) is 32.2 Å². The quantitative estimate of drug-likeness (QED) is 0.875. The molecule has 5 nitrogen and oxygen atoms in total. The number of hydrogen-bond acceptors (Lipinski definition) is 3. The van der Waals surface area contributed by atoms with E-state index in [1.54, 1.807) is 7.11 Å². The maximum absolute atomic E-state index is 12.3. The third-order valence-electron chi connectivity index (χ3n) is 4.77. The van der Waals surface area contributed by atoms with Gasteiger partial charge in [-0.25, -0.2) is 4.79 Å². The van der Waals surface area contributed by atoms with Gasteiger partial charge in [0.05, 0.1) is 7.11 Å². The highest BCUT2D eigenvalue weighted by Crippen LogP contribution is 2.35. The van der Waals surface area contributed by atoms with Crippen molar-refractivity contribution >= 4 is 11.7 Å². The Hall–Kier alpha value is -2.53. The average Bonchev–Trinajstić information content (AvgIpc) is 2.68. The van der Waals surface area contributed by atoms with Crippen LogP contribution >= 0.6 is 0 Å². The molecule has 0 aromatic heterocycles. The topological polar surface area (TPSA) is 59.6 Å². The first-order valence-electron chi connectivity index (χ1n) is 8.54. The van der Waals surface area contributed by atoms with Crippen molar-refractivity contribution < 1.29 is 14.3 Å². The molecule has 2 amide bonds. The predicted molar refractivity (Wildman–Crippen MR) is 98.2 cm³/mol. The third kappa shape index (κ3) is 4.31. The highest BCUT2D eigenvalue weighted by atomic mass is 16.5. The molecule has 2 aromatic rings. The Labute approximate surface area is 148 Å². The Kier molecular flexibility index (Phi) is 5.56. The number of benzene rings is 2. The number of ether oxygens (including phenoxy) is 2. The number of nitrogens with one attached hydrogen (secondary N) is 2. The zero-order valence-corrected chi connectivity index (χ0v) is 14.5. The van der Waals surface area contributed by atoms with E-state index in [9.17, 15) is 4.79 Å². The molecule has 1 saturated heterocycles. The molecule has 0 radical (unpaired) electrons. The summed E-state index contributed by atoms with van der Waals surface area (Å²) in [6.45, 7) is 1.98. The lowest BCUT2D eigenvalue weighted by atomic mass is 9.74. The van der Waals surface area contributed by atoms with Crippen LogP contribution in [0, 0.1) is 0 Å². The van der Waals surface area contributed by atoms with Crippen LogP contribution in [0.25, 0.3) is 0 Å². The molecular weight excluding hydrogens is 316 g/mol. The fraction of sp³-hybridized carbons (Fsp3) is 0.350. The summed E-state index contributed by atoms with van der Waals surface area (Å²) in [5, 5.41) is 5.90. The van der Waals surface area contributed by atoms with Crippen molar-refractivity contribution in [3.8, 4) is 5.75 Å². The molecular formula is C20H24N2O3. The normalized spacial score (nSPS) is 16.0. The maximum atomic E-state index is 12.3. The van der Waals surface area contributed by atoms with Crippen molar-refractivity contribution in [2.24, 2.45) is 0 Å². The molecule has 1 fully saturated rings. The summed E-state index contributed by atoms with van der Waals surface area (Å²) >= 11 is 0. The van der Waals surface area contributed by atoms with E-state index >= 15 is 0 Å². The Bertz CT molecular complexity index is 680. The first-order chi connectivity index (χ1) is 12.2. The lowest BCUT2D eigenvalue weighted by Gasteiger charge is -2.38. The van der Waals surface area contributed by atoms with Crippen LogP contribution in [0.4, 0.5) is 10.5 Å². The van der Waals surface area contributed by atoms with E-state index in [2.05, 4.69) is 22.8 Å². The molecule has 3 rings (SSSR count). The number of para-hydroxylation sites is 1. The molecule has 0 bridgehead atoms. The first-order valence-corrected chi connectivity index (χ1v) is 8.54. The predicted octanol–water partition coefficient (Wildman–Crippen LogP) is 3.57. The Morgan fingerprint density at radius 1 is 1.08 bits per heavy atom. The molecule has 1 aliphatic heterocycles. The van der Waals surface area contributed by atoms with Crippen molar-refractivity contribution in [3.05, 3.63) is 60.2 Å². The molecule has 0 spiro atoms. The highest BCUT2D eigenvalue weighted by Gasteiger charge is 2.34. The first kappa shape index (κ1) is 17.3. The van der Waals surface area contributed by atoms with E-state index in [0.717, 1.165) is 24.3 Å². The van der Waals surface area contributed by atoms with Gasteiger partial charge in [-0.15, -0.1) is 0 Å². The van der Waals surface area contributed by atoms with Gasteiger partial charge in [-0.1, -0.05) is 30.3 Å². The highest BCUT2D eigenvalue weighted by molar-refractivity contribution is 5.89. The molecule has 0 saturated carbocycles. The van der Waals surface area contributed by atoms with Crippen LogP contribution in [0.5, 0.6) is 5.75 Å². The van der Waals surface area contributed by atoms with Gasteiger partial charge in [0.15, 0.2) is 0 Å². The number of carbonyl (C=O) groups excluding carboxylic acids is 1. The minimum Gasteiger partial charge on any atom is -0.497 e. The monoisotopic (exact) mass is 340 g/mol. The van der Waals surface area contributed by atoms with Crippen LogP contribution in [0.2, 0.25) is 0 Å². The summed E-state index contributed by atoms with van der Waals surface area (Å²) in [5.41, 5.74) is 1.88. The lowest BCUT2D eigenvalue weighted by Crippen LogP contribution is -2.45. The second-order valence-electron chi connectivity index (χ2n) is 6.29. The molecule has 1 aliphatic rings. The summed E-state index contributed by atoms with van der Waals surface area (Å²) in [6.07, 6.45) is 1.76. The van der Waals surface area contributed by atoms with Gasteiger partial charge in [-0.3, -0.25) is 0 Å². The van der Waals surface area contributed by atoms with E-state index in [0.29, 0.717) is 19.8 Å². The molecule has 132 valence electrons. The number of hydrogen-bond donors (Lipinski definition) is 2. The van der Waals surface area contributed by atoms with E-state index in [4.69, 9.17) is 9.47 Å². The van der Waals surface area contributed by atoms with Crippen molar-refractivity contribution in [3.63, 3.8) is 0 Å². The number of methoxy groups -OCH3 is 1. The standard InChI is InChI=1S/C20H24N2O3/c1-24-18-9-7-16(8-10-18)20(11-13-25-14-12-20)15-21-19(23)22-17-5-3-2-4-6-17/h2-10H,11-15H2,1H3,(H2,21,22,23). The van der Waals surface area contributed by atoms with Crippen LogP contribution in [0.3, 0.4) is 0 Å². The number of carbonyl (C=O) groups is 1. The zero-order chi connectivity index (χ0) is 17.5. The molecule has 0 unspecified atom stereocenters. The minimum atomic E-state index is -0.189. The maximum Gasteiger partial charge on any atom is 0.319 e. The van der Waals surface area contributed by atoms with Crippen LogP contribution in [-0.2, 0) is 10.2 Å². The third-order valence-corrected chi connectivity index (χ3v) is 4.77. The lowest BCUT2D eigenvalue weighted by molar-refractivity contribution is 0.0508. The summed E-state index contributed by atoms with van der Waals surface area (Å²) in [5.74, 6) is 0.834. The molecule has 0 atom stereocenters. The van der Waals surface area contributed by atoms with E-state index < -0.39 is 0 Å². The van der Waals surface area contributed by atoms with Gasteiger partial charge >= 0.3 is 6.03 Å². The molecule has 2 aromatic carbocycles.